The Bertz CT molecular complexity index is 475. The van der Waals surface area contributed by atoms with Crippen LogP contribution in [0.4, 0.5) is 5.69 Å². The number of hydrogen-bond donors (Lipinski definition) is 1. The molecule has 0 aromatic carbocycles. The summed E-state index contributed by atoms with van der Waals surface area (Å²) in [6, 6.07) is 3.52. The van der Waals surface area contributed by atoms with Gasteiger partial charge in [0.2, 0.25) is 0 Å². The number of pyridine rings is 1. The number of nitrogens with zero attached hydrogens (tertiary/aromatic N) is 3. The number of hydrogen-bond acceptors (Lipinski definition) is 5. The lowest BCUT2D eigenvalue weighted by Crippen LogP contribution is -2.37. The van der Waals surface area contributed by atoms with Gasteiger partial charge in [0.25, 0.3) is 0 Å². The zero-order valence-electron chi connectivity index (χ0n) is 9.09. The molecule has 1 aromatic heterocycles. The third kappa shape index (κ3) is 2.34. The second-order valence-electron chi connectivity index (χ2n) is 3.61. The smallest absolute Gasteiger partial charge is 0.356 e. The predicted molar refractivity (Wildman–Crippen MR) is 58.9 cm³/mol. The van der Waals surface area contributed by atoms with Crippen molar-refractivity contribution < 1.29 is 14.6 Å². The maximum Gasteiger partial charge on any atom is 0.356 e. The second-order valence-corrected chi connectivity index (χ2v) is 3.61. The van der Waals surface area contributed by atoms with Gasteiger partial charge in [0, 0.05) is 19.3 Å². The molecule has 1 fully saturated rings. The van der Waals surface area contributed by atoms with Crippen LogP contribution in [0.5, 0.6) is 0 Å². The molecule has 6 nitrogen and oxygen atoms in total. The van der Waals surface area contributed by atoms with Gasteiger partial charge >= 0.3 is 5.97 Å². The lowest BCUT2D eigenvalue weighted by Gasteiger charge is -2.29. The molecule has 1 saturated heterocycles. The lowest BCUT2D eigenvalue weighted by atomic mass is 10.2. The second kappa shape index (κ2) is 4.80. The predicted octanol–water partition coefficient (Wildman–Crippen LogP) is 0.488. The molecule has 2 rings (SSSR count). The van der Waals surface area contributed by atoms with E-state index in [1.807, 2.05) is 11.0 Å². The zero-order valence-corrected chi connectivity index (χ0v) is 9.09. The van der Waals surface area contributed by atoms with Crippen LogP contribution in [-0.4, -0.2) is 42.4 Å². The average Bonchev–Trinajstić information content (AvgIpc) is 2.39. The van der Waals surface area contributed by atoms with Crippen molar-refractivity contribution in [1.82, 2.24) is 4.98 Å². The van der Waals surface area contributed by atoms with Crippen LogP contribution in [0, 0.1) is 11.3 Å². The first-order chi connectivity index (χ1) is 8.22. The van der Waals surface area contributed by atoms with Crippen LogP contribution < -0.4 is 4.90 Å². The van der Waals surface area contributed by atoms with E-state index in [0.29, 0.717) is 37.6 Å². The van der Waals surface area contributed by atoms with Crippen LogP contribution in [0.1, 0.15) is 16.1 Å². The summed E-state index contributed by atoms with van der Waals surface area (Å²) in [5.74, 6) is -1.09. The maximum absolute atomic E-state index is 11.1. The Morgan fingerprint density at radius 1 is 1.53 bits per heavy atom. The summed E-state index contributed by atoms with van der Waals surface area (Å²) in [6.07, 6.45) is 1.27. The van der Waals surface area contributed by atoms with E-state index in [1.165, 1.54) is 6.20 Å². The fraction of sp³-hybridized carbons (Fsp3) is 0.364. The first kappa shape index (κ1) is 11.4. The fourth-order valence-corrected chi connectivity index (χ4v) is 1.72. The van der Waals surface area contributed by atoms with Gasteiger partial charge in [0.15, 0.2) is 5.69 Å². The Kier molecular flexibility index (Phi) is 3.21. The Morgan fingerprint density at radius 3 is 2.82 bits per heavy atom. The van der Waals surface area contributed by atoms with Crippen LogP contribution in [0.2, 0.25) is 0 Å². The quantitative estimate of drug-likeness (QED) is 0.799. The molecule has 0 atom stereocenters. The fourth-order valence-electron chi connectivity index (χ4n) is 1.72. The van der Waals surface area contributed by atoms with Crippen molar-refractivity contribution in [1.29, 1.82) is 5.26 Å². The Labute approximate surface area is 98.1 Å². The highest BCUT2D eigenvalue weighted by Crippen LogP contribution is 2.21. The molecule has 0 amide bonds. The third-order valence-corrected chi connectivity index (χ3v) is 2.55. The lowest BCUT2D eigenvalue weighted by molar-refractivity contribution is 0.0690. The Balaban J connectivity index is 2.41. The summed E-state index contributed by atoms with van der Waals surface area (Å²) in [5, 5.41) is 17.9. The van der Waals surface area contributed by atoms with Crippen molar-refractivity contribution in [2.24, 2.45) is 0 Å². The van der Waals surface area contributed by atoms with Gasteiger partial charge in [-0.2, -0.15) is 5.26 Å². The monoisotopic (exact) mass is 233 g/mol. The molecule has 0 bridgehead atoms. The molecule has 1 aliphatic rings. The van der Waals surface area contributed by atoms with E-state index in [1.54, 1.807) is 6.07 Å². The number of aromatic carboxylic acids is 1. The molecule has 0 aliphatic carbocycles. The molecular weight excluding hydrogens is 222 g/mol. The molecule has 88 valence electrons. The van der Waals surface area contributed by atoms with Crippen LogP contribution >= 0.6 is 0 Å². The van der Waals surface area contributed by atoms with E-state index in [4.69, 9.17) is 15.1 Å². The largest absolute Gasteiger partial charge is 0.476 e. The van der Waals surface area contributed by atoms with Crippen molar-refractivity contribution in [2.45, 2.75) is 0 Å². The van der Waals surface area contributed by atoms with Crippen molar-refractivity contribution in [2.75, 3.05) is 31.2 Å². The van der Waals surface area contributed by atoms with E-state index < -0.39 is 5.97 Å². The molecule has 1 N–H and O–H groups in total. The van der Waals surface area contributed by atoms with Gasteiger partial charge in [0.05, 0.1) is 24.5 Å². The van der Waals surface area contributed by atoms with Crippen LogP contribution in [0.3, 0.4) is 0 Å². The summed E-state index contributed by atoms with van der Waals surface area (Å²) in [7, 11) is 0. The summed E-state index contributed by atoms with van der Waals surface area (Å²) in [5.41, 5.74) is 0.822. The van der Waals surface area contributed by atoms with E-state index in [2.05, 4.69) is 4.98 Å². The number of aromatic nitrogens is 1. The molecule has 17 heavy (non-hydrogen) atoms. The number of carboxylic acid groups (broad SMARTS) is 1. The minimum Gasteiger partial charge on any atom is -0.476 e. The van der Waals surface area contributed by atoms with E-state index >= 15 is 0 Å². The number of ether oxygens (including phenoxy) is 1. The highest BCUT2D eigenvalue weighted by atomic mass is 16.5. The van der Waals surface area contributed by atoms with Gasteiger partial charge in [0.1, 0.15) is 6.07 Å². The van der Waals surface area contributed by atoms with Crippen molar-refractivity contribution >= 4 is 11.7 Å². The zero-order chi connectivity index (χ0) is 12.3. The minimum absolute atomic E-state index is 0.0223. The number of rotatable bonds is 2. The number of nitriles is 1. The maximum atomic E-state index is 11.1. The first-order valence-electron chi connectivity index (χ1n) is 5.18. The van der Waals surface area contributed by atoms with E-state index in [9.17, 15) is 4.79 Å². The Morgan fingerprint density at radius 2 is 2.24 bits per heavy atom. The van der Waals surface area contributed by atoms with Crippen molar-refractivity contribution in [3.05, 3.63) is 23.5 Å². The van der Waals surface area contributed by atoms with Crippen molar-refractivity contribution in [3.63, 3.8) is 0 Å². The normalized spacial score (nSPS) is 15.4. The summed E-state index contributed by atoms with van der Waals surface area (Å²) < 4.78 is 5.20. The number of carboxylic acids is 1. The SMILES string of the molecule is N#Cc1cnc(C(=O)O)c(N2CCOCC2)c1. The summed E-state index contributed by atoms with van der Waals surface area (Å²) in [6.45, 7) is 2.32. The topological polar surface area (TPSA) is 86.5 Å². The van der Waals surface area contributed by atoms with Gasteiger partial charge in [-0.3, -0.25) is 0 Å². The summed E-state index contributed by atoms with van der Waals surface area (Å²) >= 11 is 0. The Hall–Kier alpha value is -2.13. The highest BCUT2D eigenvalue weighted by molar-refractivity contribution is 5.92. The minimum atomic E-state index is -1.09. The molecule has 1 aromatic rings. The van der Waals surface area contributed by atoms with Gasteiger partial charge in [-0.15, -0.1) is 0 Å². The van der Waals surface area contributed by atoms with Crippen LogP contribution in [0.15, 0.2) is 12.3 Å². The molecule has 0 spiro atoms. The molecular formula is C11H11N3O3. The van der Waals surface area contributed by atoms with E-state index in [0.717, 1.165) is 0 Å². The van der Waals surface area contributed by atoms with Crippen molar-refractivity contribution in [3.8, 4) is 6.07 Å². The van der Waals surface area contributed by atoms with Crippen LogP contribution in [0.25, 0.3) is 0 Å². The number of carbonyl (C=O) groups is 1. The summed E-state index contributed by atoms with van der Waals surface area (Å²) in [4.78, 5) is 16.8. The van der Waals surface area contributed by atoms with Gasteiger partial charge in [-0.1, -0.05) is 0 Å². The van der Waals surface area contributed by atoms with Crippen LogP contribution in [-0.2, 0) is 4.74 Å². The van der Waals surface area contributed by atoms with Gasteiger partial charge in [-0.05, 0) is 6.07 Å². The molecule has 0 saturated carbocycles. The van der Waals surface area contributed by atoms with Gasteiger partial charge in [-0.25, -0.2) is 9.78 Å². The number of morpholine rings is 1. The molecule has 2 heterocycles. The third-order valence-electron chi connectivity index (χ3n) is 2.55. The highest BCUT2D eigenvalue weighted by Gasteiger charge is 2.20. The molecule has 6 heteroatoms. The number of anilines is 1. The standard InChI is InChI=1S/C11H11N3O3/c12-6-8-5-9(10(11(15)16)13-7-8)14-1-3-17-4-2-14/h5,7H,1-4H2,(H,15,16). The first-order valence-corrected chi connectivity index (χ1v) is 5.18. The molecule has 0 unspecified atom stereocenters. The molecule has 1 aliphatic heterocycles. The molecule has 0 radical (unpaired) electrons. The average molecular weight is 233 g/mol. The van der Waals surface area contributed by atoms with Gasteiger partial charge < -0.3 is 14.7 Å². The van der Waals surface area contributed by atoms with E-state index in [-0.39, 0.29) is 5.69 Å².